The van der Waals surface area contributed by atoms with Gasteiger partial charge in [-0.2, -0.15) is 0 Å². The van der Waals surface area contributed by atoms with E-state index in [1.165, 1.54) is 4.90 Å². The van der Waals surface area contributed by atoms with E-state index >= 15 is 0 Å². The molecule has 0 aromatic heterocycles. The Balaban J connectivity index is 3.00. The van der Waals surface area contributed by atoms with Crippen molar-refractivity contribution >= 4 is 17.5 Å². The number of benzene rings is 1. The van der Waals surface area contributed by atoms with Crippen molar-refractivity contribution in [3.63, 3.8) is 0 Å². The lowest BCUT2D eigenvalue weighted by atomic mass is 10.1. The van der Waals surface area contributed by atoms with E-state index in [9.17, 15) is 13.6 Å². The van der Waals surface area contributed by atoms with Crippen molar-refractivity contribution in [1.29, 1.82) is 0 Å². The first-order valence-corrected chi connectivity index (χ1v) is 5.60. The van der Waals surface area contributed by atoms with E-state index in [-0.39, 0.29) is 16.5 Å². The summed E-state index contributed by atoms with van der Waals surface area (Å²) in [6.07, 6.45) is 0. The van der Waals surface area contributed by atoms with Crippen LogP contribution in [-0.4, -0.2) is 24.4 Å². The van der Waals surface area contributed by atoms with Crippen molar-refractivity contribution in [2.24, 2.45) is 5.92 Å². The molecular formula is C12H14ClF2NO. The first-order chi connectivity index (χ1) is 7.82. The highest BCUT2D eigenvalue weighted by Crippen LogP contribution is 2.21. The summed E-state index contributed by atoms with van der Waals surface area (Å²) in [5.41, 5.74) is -0.0197. The number of amides is 1. The van der Waals surface area contributed by atoms with Crippen molar-refractivity contribution in [1.82, 2.24) is 4.90 Å². The second-order valence-corrected chi connectivity index (χ2v) is 4.73. The Morgan fingerprint density at radius 2 is 1.88 bits per heavy atom. The fraction of sp³-hybridized carbons (Fsp3) is 0.417. The lowest BCUT2D eigenvalue weighted by Gasteiger charge is -2.20. The second-order valence-electron chi connectivity index (χ2n) is 4.33. The third kappa shape index (κ3) is 3.40. The van der Waals surface area contributed by atoms with E-state index in [0.29, 0.717) is 6.54 Å². The van der Waals surface area contributed by atoms with Crippen LogP contribution in [0.2, 0.25) is 5.02 Å². The fourth-order valence-electron chi connectivity index (χ4n) is 1.52. The van der Waals surface area contributed by atoms with Crippen molar-refractivity contribution in [2.45, 2.75) is 13.8 Å². The van der Waals surface area contributed by atoms with Crippen LogP contribution >= 0.6 is 11.6 Å². The number of nitrogens with zero attached hydrogens (tertiary/aromatic N) is 1. The summed E-state index contributed by atoms with van der Waals surface area (Å²) in [6.45, 7) is 4.43. The predicted molar refractivity (Wildman–Crippen MR) is 63.2 cm³/mol. The van der Waals surface area contributed by atoms with Crippen LogP contribution in [0.5, 0.6) is 0 Å². The molecule has 0 N–H and O–H groups in total. The zero-order valence-electron chi connectivity index (χ0n) is 9.93. The van der Waals surface area contributed by atoms with Gasteiger partial charge in [0, 0.05) is 13.6 Å². The Bertz CT molecular complexity index is 435. The van der Waals surface area contributed by atoms with Crippen LogP contribution in [0.3, 0.4) is 0 Å². The molecule has 0 saturated carbocycles. The molecule has 1 amide bonds. The number of hydrogen-bond acceptors (Lipinski definition) is 1. The average molecular weight is 262 g/mol. The van der Waals surface area contributed by atoms with E-state index < -0.39 is 17.5 Å². The first-order valence-electron chi connectivity index (χ1n) is 5.23. The smallest absolute Gasteiger partial charge is 0.255 e. The van der Waals surface area contributed by atoms with Crippen LogP contribution in [-0.2, 0) is 0 Å². The summed E-state index contributed by atoms with van der Waals surface area (Å²) >= 11 is 5.72. The number of hydrogen-bond donors (Lipinski definition) is 0. The minimum atomic E-state index is -1.07. The van der Waals surface area contributed by atoms with Gasteiger partial charge in [0.25, 0.3) is 5.91 Å². The third-order valence-corrected chi connectivity index (χ3v) is 2.54. The Kier molecular flexibility index (Phi) is 4.46. The van der Waals surface area contributed by atoms with Gasteiger partial charge in [-0.15, -0.1) is 0 Å². The van der Waals surface area contributed by atoms with Crippen molar-refractivity contribution in [3.8, 4) is 0 Å². The monoisotopic (exact) mass is 261 g/mol. The summed E-state index contributed by atoms with van der Waals surface area (Å²) in [6, 6.07) is 1.64. The van der Waals surface area contributed by atoms with E-state index in [1.54, 1.807) is 7.05 Å². The van der Waals surface area contributed by atoms with Gasteiger partial charge in [-0.3, -0.25) is 4.79 Å². The summed E-state index contributed by atoms with van der Waals surface area (Å²) < 4.78 is 25.9. The van der Waals surface area contributed by atoms with Crippen LogP contribution in [0, 0.1) is 17.6 Å². The molecule has 0 bridgehead atoms. The Hall–Kier alpha value is -1.16. The molecule has 0 fully saturated rings. The fourth-order valence-corrected chi connectivity index (χ4v) is 1.75. The van der Waals surface area contributed by atoms with Crippen LogP contribution < -0.4 is 0 Å². The highest BCUT2D eigenvalue weighted by Gasteiger charge is 2.18. The molecule has 0 aliphatic heterocycles. The zero-order valence-corrected chi connectivity index (χ0v) is 10.7. The minimum absolute atomic E-state index is 0.0197. The summed E-state index contributed by atoms with van der Waals surface area (Å²) in [5, 5.41) is -0.0792. The minimum Gasteiger partial charge on any atom is -0.341 e. The van der Waals surface area contributed by atoms with E-state index in [0.717, 1.165) is 12.1 Å². The van der Waals surface area contributed by atoms with Crippen molar-refractivity contribution in [2.75, 3.05) is 13.6 Å². The molecule has 2 nitrogen and oxygen atoms in total. The number of carbonyl (C=O) groups is 1. The molecule has 0 saturated heterocycles. The molecule has 0 heterocycles. The number of halogens is 3. The largest absolute Gasteiger partial charge is 0.341 e. The zero-order chi connectivity index (χ0) is 13.2. The second kappa shape index (κ2) is 5.45. The molecule has 0 atom stereocenters. The van der Waals surface area contributed by atoms with Gasteiger partial charge < -0.3 is 4.90 Å². The SMILES string of the molecule is CC(C)CN(C)C(=O)c1cc(F)c(F)cc1Cl. The van der Waals surface area contributed by atoms with E-state index in [4.69, 9.17) is 11.6 Å². The molecule has 0 unspecified atom stereocenters. The molecule has 17 heavy (non-hydrogen) atoms. The molecule has 0 aliphatic carbocycles. The molecular weight excluding hydrogens is 248 g/mol. The van der Waals surface area contributed by atoms with Gasteiger partial charge in [-0.1, -0.05) is 25.4 Å². The summed E-state index contributed by atoms with van der Waals surface area (Å²) in [4.78, 5) is 13.4. The van der Waals surface area contributed by atoms with Gasteiger partial charge in [-0.25, -0.2) is 8.78 Å². The molecule has 94 valence electrons. The number of carbonyl (C=O) groups excluding carboxylic acids is 1. The first kappa shape index (κ1) is 13.9. The maximum Gasteiger partial charge on any atom is 0.255 e. The highest BCUT2D eigenvalue weighted by molar-refractivity contribution is 6.33. The van der Waals surface area contributed by atoms with Crippen molar-refractivity contribution < 1.29 is 13.6 Å². The van der Waals surface area contributed by atoms with Crippen molar-refractivity contribution in [3.05, 3.63) is 34.4 Å². The van der Waals surface area contributed by atoms with Gasteiger partial charge in [0.15, 0.2) is 11.6 Å². The van der Waals surface area contributed by atoms with Gasteiger partial charge in [0.1, 0.15) is 0 Å². The molecule has 0 aliphatic rings. The Morgan fingerprint density at radius 1 is 1.35 bits per heavy atom. The third-order valence-electron chi connectivity index (χ3n) is 2.23. The highest BCUT2D eigenvalue weighted by atomic mass is 35.5. The van der Waals surface area contributed by atoms with Gasteiger partial charge >= 0.3 is 0 Å². The number of rotatable bonds is 3. The Labute approximate surface area is 104 Å². The average Bonchev–Trinajstić information content (AvgIpc) is 2.21. The quantitative estimate of drug-likeness (QED) is 0.764. The van der Waals surface area contributed by atoms with Crippen LogP contribution in [0.25, 0.3) is 0 Å². The molecule has 1 rings (SSSR count). The normalized spacial score (nSPS) is 10.8. The van der Waals surface area contributed by atoms with Crippen LogP contribution in [0.15, 0.2) is 12.1 Å². The maximum atomic E-state index is 13.0. The van der Waals surface area contributed by atoms with E-state index in [2.05, 4.69) is 0 Å². The van der Waals surface area contributed by atoms with Crippen LogP contribution in [0.4, 0.5) is 8.78 Å². The Morgan fingerprint density at radius 3 is 2.41 bits per heavy atom. The van der Waals surface area contributed by atoms with Gasteiger partial charge in [0.2, 0.25) is 0 Å². The lowest BCUT2D eigenvalue weighted by molar-refractivity contribution is 0.0778. The standard InChI is InChI=1S/C12H14ClF2NO/c1-7(2)6-16(3)12(17)8-4-10(14)11(15)5-9(8)13/h4-5,7H,6H2,1-3H3. The summed E-state index contributed by atoms with van der Waals surface area (Å²) in [7, 11) is 1.60. The molecule has 1 aromatic rings. The predicted octanol–water partition coefficient (Wildman–Crippen LogP) is 3.35. The topological polar surface area (TPSA) is 20.3 Å². The van der Waals surface area contributed by atoms with E-state index in [1.807, 2.05) is 13.8 Å². The van der Waals surface area contributed by atoms with Gasteiger partial charge in [0.05, 0.1) is 10.6 Å². The molecule has 5 heteroatoms. The molecule has 1 aromatic carbocycles. The summed E-state index contributed by atoms with van der Waals surface area (Å²) in [5.74, 6) is -2.26. The molecule has 0 spiro atoms. The van der Waals surface area contributed by atoms with Crippen LogP contribution in [0.1, 0.15) is 24.2 Å². The maximum absolute atomic E-state index is 13.0. The van der Waals surface area contributed by atoms with Gasteiger partial charge in [-0.05, 0) is 18.1 Å². The molecule has 0 radical (unpaired) electrons. The lowest BCUT2D eigenvalue weighted by Crippen LogP contribution is -2.30.